The Morgan fingerprint density at radius 1 is 0.837 bits per heavy atom. The highest BCUT2D eigenvalue weighted by Crippen LogP contribution is 2.42. The highest BCUT2D eigenvalue weighted by atomic mass is 35.5. The molecule has 0 spiro atoms. The lowest BCUT2D eigenvalue weighted by molar-refractivity contribution is 0.104. The summed E-state index contributed by atoms with van der Waals surface area (Å²) < 4.78 is 96.2. The van der Waals surface area contributed by atoms with Gasteiger partial charge in [0, 0.05) is 35.3 Å². The van der Waals surface area contributed by atoms with Crippen LogP contribution in [-0.2, 0) is 20.2 Å². The number of thiophene rings is 1. The van der Waals surface area contributed by atoms with Gasteiger partial charge in [0.15, 0.2) is 5.78 Å². The first-order valence-corrected chi connectivity index (χ1v) is 17.4. The summed E-state index contributed by atoms with van der Waals surface area (Å²) in [7, 11) is -7.56. The summed E-state index contributed by atoms with van der Waals surface area (Å²) in [5.41, 5.74) is 1.11. The molecule has 0 N–H and O–H groups in total. The number of nitrogens with zero attached hydrogens (tertiary/aromatic N) is 1. The van der Waals surface area contributed by atoms with Gasteiger partial charge in [-0.25, -0.2) is 0 Å². The lowest BCUT2D eigenvalue weighted by Crippen LogP contribution is -2.33. The summed E-state index contributed by atoms with van der Waals surface area (Å²) in [5, 5.41) is 0.522. The highest BCUT2D eigenvalue weighted by Gasteiger charge is 2.23. The monoisotopic (exact) mass is 669 g/mol. The standard InChI is InChI=1S/C30H31NO8S3.ClH/c1-41(33,34)38-24-12-8-22(9-13-24)30-28(26-15-14-25(20-27(26)40-30)39-42(2,35)36)29(32)21-6-10-23(11-7-21)37-19-18-31-16-4-3-5-17-31;/h6-15,20H,3-5,16-19H2,1-2H3;1H/i18D2,19D2;. The van der Waals surface area contributed by atoms with Gasteiger partial charge in [0.05, 0.1) is 15.3 Å². The molecule has 4 aromatic rings. The van der Waals surface area contributed by atoms with Gasteiger partial charge >= 0.3 is 20.2 Å². The third-order valence-corrected chi connectivity index (χ3v) is 8.54. The van der Waals surface area contributed by atoms with Gasteiger partial charge in [0.1, 0.15) is 23.8 Å². The van der Waals surface area contributed by atoms with Crippen molar-refractivity contribution >= 4 is 59.8 Å². The average Bonchev–Trinajstić information content (AvgIpc) is 3.35. The minimum absolute atomic E-state index is 0. The Bertz CT molecular complexity index is 1980. The molecule has 0 radical (unpaired) electrons. The van der Waals surface area contributed by atoms with Crippen molar-refractivity contribution in [2.45, 2.75) is 19.3 Å². The lowest BCUT2D eigenvalue weighted by atomic mass is 9.97. The van der Waals surface area contributed by atoms with Crippen molar-refractivity contribution in [1.29, 1.82) is 0 Å². The Morgan fingerprint density at radius 3 is 2.05 bits per heavy atom. The van der Waals surface area contributed by atoms with Crippen LogP contribution in [0, 0.1) is 0 Å². The van der Waals surface area contributed by atoms with E-state index in [0.29, 0.717) is 39.2 Å². The van der Waals surface area contributed by atoms with E-state index in [-0.39, 0.29) is 35.2 Å². The highest BCUT2D eigenvalue weighted by molar-refractivity contribution is 7.86. The van der Waals surface area contributed by atoms with E-state index in [9.17, 15) is 21.6 Å². The van der Waals surface area contributed by atoms with Crippen LogP contribution in [-0.4, -0.2) is 66.2 Å². The Morgan fingerprint density at radius 2 is 1.42 bits per heavy atom. The predicted molar refractivity (Wildman–Crippen MR) is 171 cm³/mol. The number of likely N-dealkylation sites (tertiary alicyclic amines) is 1. The van der Waals surface area contributed by atoms with E-state index >= 15 is 0 Å². The number of rotatable bonds is 11. The van der Waals surface area contributed by atoms with Gasteiger partial charge < -0.3 is 13.1 Å². The number of fused-ring (bicyclic) bond motifs is 1. The first-order chi connectivity index (χ1) is 21.4. The number of carbonyl (C=O) groups excluding carboxylic acids is 1. The van der Waals surface area contributed by atoms with E-state index in [1.807, 2.05) is 0 Å². The molecule has 230 valence electrons. The van der Waals surface area contributed by atoms with E-state index in [0.717, 1.165) is 31.8 Å². The maximum Gasteiger partial charge on any atom is 0.306 e. The fourth-order valence-electron chi connectivity index (χ4n) is 4.54. The van der Waals surface area contributed by atoms with Gasteiger partial charge in [-0.1, -0.05) is 6.42 Å². The third kappa shape index (κ3) is 8.70. The van der Waals surface area contributed by atoms with Crippen molar-refractivity contribution < 1.29 is 40.2 Å². The zero-order valence-corrected chi connectivity index (χ0v) is 26.5. The molecule has 0 amide bonds. The van der Waals surface area contributed by atoms with Crippen molar-refractivity contribution in [3.63, 3.8) is 0 Å². The maximum atomic E-state index is 14.0. The molecule has 0 aliphatic carbocycles. The topological polar surface area (TPSA) is 116 Å². The second-order valence-electron chi connectivity index (χ2n) is 9.78. The van der Waals surface area contributed by atoms with E-state index < -0.39 is 39.1 Å². The van der Waals surface area contributed by atoms with Gasteiger partial charge in [-0.2, -0.15) is 16.8 Å². The molecule has 1 fully saturated rings. The zero-order valence-electron chi connectivity index (χ0n) is 27.2. The zero-order chi connectivity index (χ0) is 33.5. The van der Waals surface area contributed by atoms with Crippen LogP contribution in [0.2, 0.25) is 0 Å². The summed E-state index contributed by atoms with van der Waals surface area (Å²) >= 11 is 1.21. The summed E-state index contributed by atoms with van der Waals surface area (Å²) in [4.78, 5) is 16.0. The second kappa shape index (κ2) is 13.6. The quantitative estimate of drug-likeness (QED) is 0.145. The number of ketones is 1. The molecular formula is C30H32ClNO8S3. The van der Waals surface area contributed by atoms with E-state index in [4.69, 9.17) is 18.6 Å². The van der Waals surface area contributed by atoms with Crippen LogP contribution >= 0.6 is 23.7 Å². The number of carbonyl (C=O) groups is 1. The normalized spacial score (nSPS) is 16.2. The molecule has 5 rings (SSSR count). The Balaban J connectivity index is 0.00000500. The first-order valence-electron chi connectivity index (χ1n) is 15.0. The molecule has 13 heteroatoms. The minimum atomic E-state index is -3.80. The lowest BCUT2D eigenvalue weighted by Gasteiger charge is -2.26. The molecule has 1 aliphatic rings. The van der Waals surface area contributed by atoms with Gasteiger partial charge in [-0.05, 0) is 98.2 Å². The third-order valence-electron chi connectivity index (χ3n) is 6.35. The SMILES string of the molecule is Cl.[2H]C([2H])(Oc1ccc(C(=O)c2c(-c3ccc(OS(C)(=O)=O)cc3)sc3cc(OS(C)(=O)=O)ccc23)cc1)C([2H])([2H])N1CCCCC1. The van der Waals surface area contributed by atoms with Crippen molar-refractivity contribution in [1.82, 2.24) is 4.90 Å². The van der Waals surface area contributed by atoms with Crippen LogP contribution in [0.25, 0.3) is 20.5 Å². The molecule has 0 saturated carbocycles. The van der Waals surface area contributed by atoms with Crippen molar-refractivity contribution in [3.05, 3.63) is 77.9 Å². The van der Waals surface area contributed by atoms with Gasteiger partial charge in [-0.15, -0.1) is 23.7 Å². The fraction of sp³-hybridized carbons (Fsp3) is 0.300. The average molecular weight is 670 g/mol. The molecule has 9 nitrogen and oxygen atoms in total. The van der Waals surface area contributed by atoms with Crippen molar-refractivity contribution in [2.75, 3.05) is 38.7 Å². The summed E-state index contributed by atoms with van der Waals surface area (Å²) in [6.07, 6.45) is 4.36. The van der Waals surface area contributed by atoms with Gasteiger partial charge in [0.25, 0.3) is 0 Å². The number of hydrogen-bond acceptors (Lipinski definition) is 10. The van der Waals surface area contributed by atoms with E-state index in [2.05, 4.69) is 0 Å². The van der Waals surface area contributed by atoms with Crippen LogP contribution in [0.5, 0.6) is 17.2 Å². The van der Waals surface area contributed by atoms with Gasteiger partial charge in [0.2, 0.25) is 0 Å². The first kappa shape index (κ1) is 27.4. The minimum Gasteiger partial charge on any atom is -0.492 e. The van der Waals surface area contributed by atoms with Crippen LogP contribution in [0.15, 0.2) is 66.7 Å². The molecule has 43 heavy (non-hydrogen) atoms. The molecule has 3 aromatic carbocycles. The Hall–Kier alpha value is -3.16. The molecule has 2 heterocycles. The van der Waals surface area contributed by atoms with Crippen LogP contribution in [0.1, 0.15) is 40.7 Å². The number of benzene rings is 3. The molecule has 1 aromatic heterocycles. The molecule has 0 unspecified atom stereocenters. The largest absolute Gasteiger partial charge is 0.492 e. The van der Waals surface area contributed by atoms with Crippen LogP contribution in [0.4, 0.5) is 0 Å². The summed E-state index contributed by atoms with van der Waals surface area (Å²) in [6, 6.07) is 16.4. The fourth-order valence-corrected chi connectivity index (χ4v) is 6.69. The van der Waals surface area contributed by atoms with Crippen molar-refractivity contribution in [2.24, 2.45) is 0 Å². The van der Waals surface area contributed by atoms with E-state index in [1.165, 1.54) is 64.8 Å². The Labute approximate surface area is 267 Å². The second-order valence-corrected chi connectivity index (χ2v) is 14.0. The molecule has 1 saturated heterocycles. The molecule has 0 atom stereocenters. The molecule has 0 bridgehead atoms. The number of ether oxygens (including phenoxy) is 1. The summed E-state index contributed by atoms with van der Waals surface area (Å²) in [5.74, 6) is -0.197. The number of hydrogen-bond donors (Lipinski definition) is 0. The van der Waals surface area contributed by atoms with E-state index in [1.54, 1.807) is 18.2 Å². The van der Waals surface area contributed by atoms with Crippen molar-refractivity contribution in [3.8, 4) is 27.7 Å². The van der Waals surface area contributed by atoms with Gasteiger partial charge in [-0.3, -0.25) is 9.69 Å². The molecular weight excluding hydrogens is 634 g/mol. The molecule has 1 aliphatic heterocycles. The maximum absolute atomic E-state index is 14.0. The number of halogens is 1. The Kier molecular flexibility index (Phi) is 8.69. The summed E-state index contributed by atoms with van der Waals surface area (Å²) in [6.45, 7) is -4.20. The smallest absolute Gasteiger partial charge is 0.306 e. The van der Waals surface area contributed by atoms with Crippen LogP contribution in [0.3, 0.4) is 0 Å². The van der Waals surface area contributed by atoms with Crippen LogP contribution < -0.4 is 13.1 Å². The predicted octanol–water partition coefficient (Wildman–Crippen LogP) is 5.76. The number of piperidine rings is 1.